The Morgan fingerprint density at radius 3 is 2.33 bits per heavy atom. The minimum atomic E-state index is -2.78. The molecule has 0 N–H and O–H groups in total. The molecule has 6 heteroatoms. The number of methoxy groups -OCH3 is 2. The van der Waals surface area contributed by atoms with Crippen LogP contribution in [0.15, 0.2) is 6.20 Å². The third-order valence-electron chi connectivity index (χ3n) is 1.79. The highest BCUT2D eigenvalue weighted by Crippen LogP contribution is 2.36. The second-order valence-electron chi connectivity index (χ2n) is 2.58. The summed E-state index contributed by atoms with van der Waals surface area (Å²) in [6, 6.07) is 0. The first-order valence-electron chi connectivity index (χ1n) is 3.99. The molecule has 1 rings (SSSR count). The first-order chi connectivity index (χ1) is 7.15. The second kappa shape index (κ2) is 4.68. The van der Waals surface area contributed by atoms with Crippen LogP contribution in [0.2, 0.25) is 0 Å². The molecule has 0 unspecified atom stereocenters. The fourth-order valence-corrected chi connectivity index (χ4v) is 1.15. The molecule has 1 aromatic rings. The number of aromatic nitrogens is 1. The molecule has 1 aromatic heterocycles. The van der Waals surface area contributed by atoms with Gasteiger partial charge in [-0.05, 0) is 0 Å². The summed E-state index contributed by atoms with van der Waals surface area (Å²) in [4.78, 5) is 14.0. The van der Waals surface area contributed by atoms with E-state index in [0.29, 0.717) is 6.29 Å². The first-order valence-corrected chi connectivity index (χ1v) is 3.99. The van der Waals surface area contributed by atoms with Gasteiger partial charge in [0.2, 0.25) is 0 Å². The summed E-state index contributed by atoms with van der Waals surface area (Å²) < 4.78 is 34.5. The van der Waals surface area contributed by atoms with Crippen molar-refractivity contribution in [2.24, 2.45) is 0 Å². The molecule has 4 nitrogen and oxygen atoms in total. The quantitative estimate of drug-likeness (QED) is 0.722. The van der Waals surface area contributed by atoms with Gasteiger partial charge in [-0.1, -0.05) is 0 Å². The average molecular weight is 217 g/mol. The highest BCUT2D eigenvalue weighted by molar-refractivity contribution is 5.80. The van der Waals surface area contributed by atoms with E-state index >= 15 is 0 Å². The molecule has 0 radical (unpaired) electrons. The maximum atomic E-state index is 12.5. The number of carbonyl (C=O) groups excluding carboxylic acids is 1. The summed E-state index contributed by atoms with van der Waals surface area (Å²) in [7, 11) is 2.47. The smallest absolute Gasteiger partial charge is 0.284 e. The number of carbonyl (C=O) groups is 1. The number of hydrogen-bond acceptors (Lipinski definition) is 4. The van der Waals surface area contributed by atoms with Crippen LogP contribution in [-0.4, -0.2) is 25.5 Å². The van der Waals surface area contributed by atoms with Gasteiger partial charge in [0.1, 0.15) is 0 Å². The van der Waals surface area contributed by atoms with Crippen molar-refractivity contribution < 1.29 is 23.0 Å². The van der Waals surface area contributed by atoms with Gasteiger partial charge in [-0.15, -0.1) is 0 Å². The van der Waals surface area contributed by atoms with Crippen molar-refractivity contribution >= 4 is 6.29 Å². The van der Waals surface area contributed by atoms with Crippen molar-refractivity contribution in [2.75, 3.05) is 14.2 Å². The van der Waals surface area contributed by atoms with Crippen molar-refractivity contribution in [1.82, 2.24) is 4.98 Å². The third-order valence-corrected chi connectivity index (χ3v) is 1.79. The number of alkyl halides is 2. The van der Waals surface area contributed by atoms with E-state index in [9.17, 15) is 13.6 Å². The lowest BCUT2D eigenvalue weighted by molar-refractivity contribution is 0.111. The van der Waals surface area contributed by atoms with E-state index in [1.807, 2.05) is 0 Å². The van der Waals surface area contributed by atoms with Gasteiger partial charge in [0, 0.05) is 6.20 Å². The summed E-state index contributed by atoms with van der Waals surface area (Å²) in [5, 5.41) is 0. The molecule has 0 atom stereocenters. The van der Waals surface area contributed by atoms with Crippen LogP contribution in [0.25, 0.3) is 0 Å². The van der Waals surface area contributed by atoms with Gasteiger partial charge in [0.05, 0.1) is 19.8 Å². The topological polar surface area (TPSA) is 48.4 Å². The number of pyridine rings is 1. The Kier molecular flexibility index (Phi) is 3.54. The molecule has 0 saturated heterocycles. The Balaban J connectivity index is 3.40. The van der Waals surface area contributed by atoms with E-state index < -0.39 is 12.1 Å². The number of aldehydes is 1. The van der Waals surface area contributed by atoms with E-state index in [4.69, 9.17) is 9.47 Å². The summed E-state index contributed by atoms with van der Waals surface area (Å²) in [6.45, 7) is 0. The van der Waals surface area contributed by atoms with Crippen molar-refractivity contribution in [2.45, 2.75) is 6.43 Å². The van der Waals surface area contributed by atoms with Gasteiger partial charge in [0.15, 0.2) is 23.5 Å². The Labute approximate surface area is 84.8 Å². The molecule has 0 amide bonds. The number of rotatable bonds is 4. The maximum Gasteiger partial charge on any atom is 0.284 e. The van der Waals surface area contributed by atoms with Crippen LogP contribution in [0.1, 0.15) is 22.5 Å². The number of halogens is 2. The van der Waals surface area contributed by atoms with E-state index in [-0.39, 0.29) is 17.1 Å². The predicted octanol–water partition coefficient (Wildman–Crippen LogP) is 1.85. The van der Waals surface area contributed by atoms with E-state index in [2.05, 4.69) is 4.98 Å². The Hall–Kier alpha value is -1.72. The summed E-state index contributed by atoms with van der Waals surface area (Å²) >= 11 is 0. The lowest BCUT2D eigenvalue weighted by Crippen LogP contribution is -2.02. The monoisotopic (exact) mass is 217 g/mol. The maximum absolute atomic E-state index is 12.5. The van der Waals surface area contributed by atoms with E-state index in [0.717, 1.165) is 6.20 Å². The molecule has 0 aliphatic carbocycles. The molecule has 0 saturated carbocycles. The minimum absolute atomic E-state index is 0.0298. The zero-order chi connectivity index (χ0) is 11.4. The zero-order valence-corrected chi connectivity index (χ0v) is 8.16. The van der Waals surface area contributed by atoms with Gasteiger partial charge >= 0.3 is 0 Å². The molecule has 0 aliphatic heterocycles. The van der Waals surface area contributed by atoms with Gasteiger partial charge in [0.25, 0.3) is 6.43 Å². The number of nitrogens with zero attached hydrogens (tertiary/aromatic N) is 1. The Morgan fingerprint density at radius 2 is 1.93 bits per heavy atom. The summed E-state index contributed by atoms with van der Waals surface area (Å²) in [6.07, 6.45) is -1.30. The highest BCUT2D eigenvalue weighted by atomic mass is 19.3. The summed E-state index contributed by atoms with van der Waals surface area (Å²) in [5.74, 6) is -0.241. The van der Waals surface area contributed by atoms with Gasteiger partial charge in [-0.3, -0.25) is 9.78 Å². The lowest BCUT2D eigenvalue weighted by Gasteiger charge is -2.12. The van der Waals surface area contributed by atoms with Crippen molar-refractivity contribution in [3.63, 3.8) is 0 Å². The minimum Gasteiger partial charge on any atom is -0.492 e. The molecule has 82 valence electrons. The predicted molar refractivity (Wildman–Crippen MR) is 47.7 cm³/mol. The molecular formula is C9H9F2NO3. The lowest BCUT2D eigenvalue weighted by atomic mass is 10.2. The number of hydrogen-bond donors (Lipinski definition) is 0. The first kappa shape index (κ1) is 11.4. The van der Waals surface area contributed by atoms with Crippen LogP contribution in [0, 0.1) is 0 Å². The standard InChI is InChI=1S/C9H9F2NO3/c1-14-7-5(4-13)3-12-6(9(10)11)8(7)15-2/h3-4,9H,1-2H3. The zero-order valence-electron chi connectivity index (χ0n) is 8.16. The van der Waals surface area contributed by atoms with Crippen LogP contribution < -0.4 is 9.47 Å². The molecule has 0 aromatic carbocycles. The SMILES string of the molecule is COc1c(C=O)cnc(C(F)F)c1OC. The number of ether oxygens (including phenoxy) is 2. The molecule has 15 heavy (non-hydrogen) atoms. The van der Waals surface area contributed by atoms with Gasteiger partial charge in [-0.2, -0.15) is 0 Å². The van der Waals surface area contributed by atoms with Crippen LogP contribution in [0.5, 0.6) is 11.5 Å². The second-order valence-corrected chi connectivity index (χ2v) is 2.58. The molecule has 0 aliphatic rings. The van der Waals surface area contributed by atoms with E-state index in [1.165, 1.54) is 14.2 Å². The molecular weight excluding hydrogens is 208 g/mol. The van der Waals surface area contributed by atoms with Crippen LogP contribution in [-0.2, 0) is 0 Å². The highest BCUT2D eigenvalue weighted by Gasteiger charge is 2.22. The van der Waals surface area contributed by atoms with Crippen molar-refractivity contribution in [3.8, 4) is 11.5 Å². The van der Waals surface area contributed by atoms with Crippen LogP contribution in [0.3, 0.4) is 0 Å². The third kappa shape index (κ3) is 2.03. The van der Waals surface area contributed by atoms with Gasteiger partial charge < -0.3 is 9.47 Å². The molecule has 0 fully saturated rings. The average Bonchev–Trinajstić information content (AvgIpc) is 2.26. The van der Waals surface area contributed by atoms with Gasteiger partial charge in [-0.25, -0.2) is 8.78 Å². The fraction of sp³-hybridized carbons (Fsp3) is 0.333. The Bertz CT molecular complexity index is 369. The van der Waals surface area contributed by atoms with Crippen molar-refractivity contribution in [1.29, 1.82) is 0 Å². The fourth-order valence-electron chi connectivity index (χ4n) is 1.15. The molecule has 1 heterocycles. The van der Waals surface area contributed by atoms with Crippen molar-refractivity contribution in [3.05, 3.63) is 17.5 Å². The van der Waals surface area contributed by atoms with Crippen LogP contribution in [0.4, 0.5) is 8.78 Å². The summed E-state index contributed by atoms with van der Waals surface area (Å²) in [5.41, 5.74) is -0.473. The van der Waals surface area contributed by atoms with Crippen LogP contribution >= 0.6 is 0 Å². The van der Waals surface area contributed by atoms with E-state index in [1.54, 1.807) is 0 Å². The molecule has 0 bridgehead atoms. The largest absolute Gasteiger partial charge is 0.492 e. The molecule has 0 spiro atoms. The normalized spacial score (nSPS) is 10.2. The Morgan fingerprint density at radius 1 is 1.33 bits per heavy atom.